The molecule has 0 radical (unpaired) electrons. The molecular formula is C10H13N5O. The maximum atomic E-state index is 6.00. The van der Waals surface area contributed by atoms with E-state index in [0.717, 1.165) is 5.69 Å². The largest absolute Gasteiger partial charge is 0.480 e. The van der Waals surface area contributed by atoms with E-state index in [1.54, 1.807) is 23.9 Å². The van der Waals surface area contributed by atoms with Crippen LogP contribution in [-0.2, 0) is 7.05 Å². The minimum atomic E-state index is -0.361. The van der Waals surface area contributed by atoms with Gasteiger partial charge in [0.1, 0.15) is 0 Å². The van der Waals surface area contributed by atoms with Crippen molar-refractivity contribution in [1.29, 1.82) is 0 Å². The normalized spacial score (nSPS) is 12.4. The maximum absolute atomic E-state index is 6.00. The first-order valence-corrected chi connectivity index (χ1v) is 4.83. The van der Waals surface area contributed by atoms with Gasteiger partial charge in [-0.15, -0.1) is 10.2 Å². The van der Waals surface area contributed by atoms with Crippen LogP contribution in [0.2, 0.25) is 0 Å². The van der Waals surface area contributed by atoms with Crippen LogP contribution < -0.4 is 10.5 Å². The number of nitrogens with zero attached hydrogens (tertiary/aromatic N) is 4. The van der Waals surface area contributed by atoms with Gasteiger partial charge in [-0.1, -0.05) is 0 Å². The molecule has 0 bridgehead atoms. The molecule has 6 heteroatoms. The molecule has 2 N–H and O–H groups in total. The Hall–Kier alpha value is -1.95. The van der Waals surface area contributed by atoms with Crippen LogP contribution >= 0.6 is 0 Å². The second-order valence-electron chi connectivity index (χ2n) is 3.39. The van der Waals surface area contributed by atoms with Crippen molar-refractivity contribution in [3.05, 3.63) is 35.8 Å². The van der Waals surface area contributed by atoms with E-state index >= 15 is 0 Å². The summed E-state index contributed by atoms with van der Waals surface area (Å²) in [6, 6.07) is 5.01. The minimum Gasteiger partial charge on any atom is -0.480 e. The van der Waals surface area contributed by atoms with Gasteiger partial charge in [-0.2, -0.15) is 5.10 Å². The van der Waals surface area contributed by atoms with Gasteiger partial charge in [0.15, 0.2) is 0 Å². The lowest BCUT2D eigenvalue weighted by atomic mass is 10.1. The van der Waals surface area contributed by atoms with E-state index in [9.17, 15) is 0 Å². The van der Waals surface area contributed by atoms with Crippen molar-refractivity contribution in [2.45, 2.75) is 6.04 Å². The number of methoxy groups -OCH3 is 1. The fourth-order valence-corrected chi connectivity index (χ4v) is 1.36. The Kier molecular flexibility index (Phi) is 2.82. The van der Waals surface area contributed by atoms with Gasteiger partial charge in [0.25, 0.3) is 0 Å². The summed E-state index contributed by atoms with van der Waals surface area (Å²) in [6.45, 7) is 0. The van der Waals surface area contributed by atoms with Crippen LogP contribution in [-0.4, -0.2) is 27.1 Å². The molecule has 0 amide bonds. The number of aromatic nitrogens is 4. The fraction of sp³-hybridized carbons (Fsp3) is 0.300. The molecular weight excluding hydrogens is 206 g/mol. The monoisotopic (exact) mass is 219 g/mol. The molecule has 6 nitrogen and oxygen atoms in total. The zero-order chi connectivity index (χ0) is 11.5. The molecule has 1 unspecified atom stereocenters. The quantitative estimate of drug-likeness (QED) is 0.801. The van der Waals surface area contributed by atoms with Crippen molar-refractivity contribution >= 4 is 0 Å². The smallest absolute Gasteiger partial charge is 0.233 e. The molecule has 0 aromatic carbocycles. The molecule has 0 aliphatic rings. The van der Waals surface area contributed by atoms with Crippen molar-refractivity contribution in [2.75, 3.05) is 7.11 Å². The first kappa shape index (κ1) is 10.6. The zero-order valence-corrected chi connectivity index (χ0v) is 9.16. The summed E-state index contributed by atoms with van der Waals surface area (Å²) >= 11 is 0. The number of aryl methyl sites for hydroxylation is 1. The van der Waals surface area contributed by atoms with Gasteiger partial charge < -0.3 is 10.5 Å². The third kappa shape index (κ3) is 2.01. The van der Waals surface area contributed by atoms with Crippen LogP contribution in [0.1, 0.15) is 17.4 Å². The van der Waals surface area contributed by atoms with E-state index in [4.69, 9.17) is 10.5 Å². The highest BCUT2D eigenvalue weighted by atomic mass is 16.5. The lowest BCUT2D eigenvalue weighted by Gasteiger charge is -2.07. The molecule has 0 saturated heterocycles. The van der Waals surface area contributed by atoms with Gasteiger partial charge in [-0.3, -0.25) is 4.68 Å². The third-order valence-electron chi connectivity index (χ3n) is 2.24. The molecule has 2 rings (SSSR count). The van der Waals surface area contributed by atoms with Crippen LogP contribution in [0.3, 0.4) is 0 Å². The number of hydrogen-bond donors (Lipinski definition) is 1. The summed E-state index contributed by atoms with van der Waals surface area (Å²) in [7, 11) is 3.39. The predicted octanol–water partition coefficient (Wildman–Crippen LogP) is 0.267. The molecule has 2 aromatic heterocycles. The summed E-state index contributed by atoms with van der Waals surface area (Å²) in [5.74, 6) is 0.469. The molecule has 16 heavy (non-hydrogen) atoms. The molecule has 0 aliphatic heterocycles. The van der Waals surface area contributed by atoms with Crippen molar-refractivity contribution in [3.63, 3.8) is 0 Å². The fourth-order valence-electron chi connectivity index (χ4n) is 1.36. The van der Waals surface area contributed by atoms with Gasteiger partial charge in [-0.25, -0.2) is 0 Å². The van der Waals surface area contributed by atoms with Crippen molar-refractivity contribution < 1.29 is 4.74 Å². The molecule has 84 valence electrons. The topological polar surface area (TPSA) is 78.9 Å². The van der Waals surface area contributed by atoms with E-state index in [0.29, 0.717) is 11.6 Å². The molecule has 0 saturated carbocycles. The Balaban J connectivity index is 2.23. The molecule has 1 atom stereocenters. The van der Waals surface area contributed by atoms with Gasteiger partial charge in [0.2, 0.25) is 5.88 Å². The summed E-state index contributed by atoms with van der Waals surface area (Å²) < 4.78 is 6.63. The van der Waals surface area contributed by atoms with E-state index in [1.165, 1.54) is 0 Å². The summed E-state index contributed by atoms with van der Waals surface area (Å²) in [6.07, 6.45) is 1.84. The molecule has 0 fully saturated rings. The van der Waals surface area contributed by atoms with Crippen LogP contribution in [0.5, 0.6) is 5.88 Å². The number of hydrogen-bond acceptors (Lipinski definition) is 5. The van der Waals surface area contributed by atoms with Crippen LogP contribution in [0.15, 0.2) is 24.4 Å². The van der Waals surface area contributed by atoms with Gasteiger partial charge in [0, 0.05) is 19.3 Å². The van der Waals surface area contributed by atoms with Gasteiger partial charge >= 0.3 is 0 Å². The first-order chi connectivity index (χ1) is 7.70. The van der Waals surface area contributed by atoms with Crippen molar-refractivity contribution in [2.24, 2.45) is 12.8 Å². The van der Waals surface area contributed by atoms with Gasteiger partial charge in [0.05, 0.1) is 24.5 Å². The van der Waals surface area contributed by atoms with E-state index in [2.05, 4.69) is 15.3 Å². The highest BCUT2D eigenvalue weighted by Gasteiger charge is 2.13. The second-order valence-corrected chi connectivity index (χ2v) is 3.39. The molecule has 0 aliphatic carbocycles. The molecule has 0 spiro atoms. The average Bonchev–Trinajstić information content (AvgIpc) is 2.75. The number of rotatable bonds is 3. The molecule has 2 aromatic rings. The maximum Gasteiger partial charge on any atom is 0.233 e. The Morgan fingerprint density at radius 3 is 2.56 bits per heavy atom. The third-order valence-corrected chi connectivity index (χ3v) is 2.24. The van der Waals surface area contributed by atoms with Crippen molar-refractivity contribution in [3.8, 4) is 5.88 Å². The van der Waals surface area contributed by atoms with Crippen LogP contribution in [0.4, 0.5) is 0 Å². The Morgan fingerprint density at radius 1 is 1.25 bits per heavy atom. The van der Waals surface area contributed by atoms with Gasteiger partial charge in [-0.05, 0) is 12.1 Å². The standard InChI is InChI=1S/C10H13N5O/c1-15-6-5-8(14-15)10(11)7-3-4-9(16-2)13-12-7/h3-6,10H,11H2,1-2H3. The Labute approximate surface area is 93.1 Å². The number of ether oxygens (including phenoxy) is 1. The van der Waals surface area contributed by atoms with E-state index in [1.807, 2.05) is 19.3 Å². The lowest BCUT2D eigenvalue weighted by molar-refractivity contribution is 0.390. The first-order valence-electron chi connectivity index (χ1n) is 4.83. The van der Waals surface area contributed by atoms with E-state index < -0.39 is 0 Å². The van der Waals surface area contributed by atoms with E-state index in [-0.39, 0.29) is 6.04 Å². The highest BCUT2D eigenvalue weighted by molar-refractivity contribution is 5.21. The zero-order valence-electron chi connectivity index (χ0n) is 9.16. The second kappa shape index (κ2) is 4.28. The minimum absolute atomic E-state index is 0.361. The van der Waals surface area contributed by atoms with Crippen molar-refractivity contribution in [1.82, 2.24) is 20.0 Å². The summed E-state index contributed by atoms with van der Waals surface area (Å²) in [5.41, 5.74) is 7.43. The summed E-state index contributed by atoms with van der Waals surface area (Å²) in [5, 5.41) is 12.1. The summed E-state index contributed by atoms with van der Waals surface area (Å²) in [4.78, 5) is 0. The lowest BCUT2D eigenvalue weighted by Crippen LogP contribution is -2.15. The highest BCUT2D eigenvalue weighted by Crippen LogP contribution is 2.16. The van der Waals surface area contributed by atoms with Crippen LogP contribution in [0.25, 0.3) is 0 Å². The Bertz CT molecular complexity index is 464. The molecule has 2 heterocycles. The predicted molar refractivity (Wildman–Crippen MR) is 57.8 cm³/mol. The average molecular weight is 219 g/mol. The SMILES string of the molecule is COc1ccc(C(N)c2ccn(C)n2)nn1. The Morgan fingerprint density at radius 2 is 2.06 bits per heavy atom. The van der Waals surface area contributed by atoms with Crippen LogP contribution in [0, 0.1) is 0 Å². The number of nitrogens with two attached hydrogens (primary N) is 1.